The number of rotatable bonds is 0. The molecule has 1 aromatic heterocycles. The highest BCUT2D eigenvalue weighted by Gasteiger charge is 2.09. The highest BCUT2D eigenvalue weighted by molar-refractivity contribution is 5.72. The molecular weight excluding hydrogens is 240 g/mol. The smallest absolute Gasteiger partial charge is 0.212 e. The zero-order valence-corrected chi connectivity index (χ0v) is 10.1. The fraction of sp³-hybridized carbons (Fsp3) is 0.0714. The number of aliphatic imine (C=N–C) groups is 1. The first-order valence-electron chi connectivity index (χ1n) is 5.71. The van der Waals surface area contributed by atoms with Crippen LogP contribution >= 0.6 is 0 Å². The third-order valence-electron chi connectivity index (χ3n) is 2.55. The van der Waals surface area contributed by atoms with E-state index in [-0.39, 0.29) is 5.88 Å². The third kappa shape index (κ3) is 2.41. The zero-order valence-electron chi connectivity index (χ0n) is 10.1. The van der Waals surface area contributed by atoms with Crippen LogP contribution in [0.3, 0.4) is 0 Å². The molecule has 0 aliphatic carbocycles. The van der Waals surface area contributed by atoms with E-state index in [9.17, 15) is 0 Å². The Morgan fingerprint density at radius 2 is 2.26 bits per heavy atom. The summed E-state index contributed by atoms with van der Waals surface area (Å²) in [4.78, 5) is 17.1. The van der Waals surface area contributed by atoms with Gasteiger partial charge in [0.15, 0.2) is 5.76 Å². The number of nitrogens with zero attached hydrogens (tertiary/aromatic N) is 4. The van der Waals surface area contributed by atoms with Gasteiger partial charge < -0.3 is 4.74 Å². The van der Waals surface area contributed by atoms with Crippen molar-refractivity contribution in [1.82, 2.24) is 4.98 Å². The van der Waals surface area contributed by atoms with Crippen molar-refractivity contribution in [3.8, 4) is 0 Å². The number of pyridine rings is 1. The SMILES string of the molecule is C=C1/N=c2/ccnc/c2=N/CC2=C(C=C=CC=N2)O1. The second-order valence-electron chi connectivity index (χ2n) is 3.86. The fourth-order valence-corrected chi connectivity index (χ4v) is 1.69. The van der Waals surface area contributed by atoms with E-state index < -0.39 is 0 Å². The lowest BCUT2D eigenvalue weighted by molar-refractivity contribution is 0.312. The largest absolute Gasteiger partial charge is 0.437 e. The molecule has 0 amide bonds. The van der Waals surface area contributed by atoms with Gasteiger partial charge in [0.2, 0.25) is 5.88 Å². The van der Waals surface area contributed by atoms with Crippen LogP contribution in [0.25, 0.3) is 0 Å². The molecule has 0 fully saturated rings. The quantitative estimate of drug-likeness (QED) is 0.640. The van der Waals surface area contributed by atoms with Gasteiger partial charge in [-0.05, 0) is 18.7 Å². The Morgan fingerprint density at radius 3 is 3.21 bits per heavy atom. The van der Waals surface area contributed by atoms with E-state index in [4.69, 9.17) is 4.74 Å². The van der Waals surface area contributed by atoms with Crippen molar-refractivity contribution >= 4 is 6.21 Å². The monoisotopic (exact) mass is 250 g/mol. The lowest BCUT2D eigenvalue weighted by atomic mass is 10.3. The molecule has 3 rings (SSSR count). The molecule has 0 saturated carbocycles. The molecule has 19 heavy (non-hydrogen) atoms. The summed E-state index contributed by atoms with van der Waals surface area (Å²) in [7, 11) is 0. The summed E-state index contributed by atoms with van der Waals surface area (Å²) >= 11 is 0. The van der Waals surface area contributed by atoms with Crippen molar-refractivity contribution in [2.24, 2.45) is 15.0 Å². The van der Waals surface area contributed by atoms with Gasteiger partial charge in [-0.25, -0.2) is 4.99 Å². The Kier molecular flexibility index (Phi) is 2.88. The molecule has 0 N–H and O–H groups in total. The van der Waals surface area contributed by atoms with Crippen molar-refractivity contribution < 1.29 is 4.74 Å². The Morgan fingerprint density at radius 1 is 1.32 bits per heavy atom. The van der Waals surface area contributed by atoms with Crippen molar-refractivity contribution in [3.63, 3.8) is 0 Å². The van der Waals surface area contributed by atoms with Gasteiger partial charge in [-0.2, -0.15) is 0 Å². The molecule has 0 unspecified atom stereocenters. The average Bonchev–Trinajstić information content (AvgIpc) is 2.59. The number of ether oxygens (including phenoxy) is 1. The first-order valence-corrected chi connectivity index (χ1v) is 5.71. The number of fused-ring (bicyclic) bond motifs is 1. The van der Waals surface area contributed by atoms with E-state index in [0.717, 1.165) is 0 Å². The minimum absolute atomic E-state index is 0.284. The Balaban J connectivity index is 2.18. The van der Waals surface area contributed by atoms with Crippen LogP contribution in [0.1, 0.15) is 0 Å². The second kappa shape index (κ2) is 4.84. The summed E-state index contributed by atoms with van der Waals surface area (Å²) in [6.45, 7) is 4.17. The maximum atomic E-state index is 5.60. The Labute approximate surface area is 109 Å². The maximum absolute atomic E-state index is 5.60. The van der Waals surface area contributed by atoms with Gasteiger partial charge in [0.25, 0.3) is 0 Å². The van der Waals surface area contributed by atoms with Crippen LogP contribution in [0.15, 0.2) is 75.2 Å². The molecule has 1 aromatic rings. The fourth-order valence-electron chi connectivity index (χ4n) is 1.69. The van der Waals surface area contributed by atoms with Crippen LogP contribution in [0, 0.1) is 0 Å². The summed E-state index contributed by atoms with van der Waals surface area (Å²) in [6, 6.07) is 1.77. The molecule has 0 saturated heterocycles. The molecule has 0 bridgehead atoms. The van der Waals surface area contributed by atoms with Gasteiger partial charge in [-0.15, -0.1) is 5.73 Å². The van der Waals surface area contributed by atoms with Gasteiger partial charge in [0.05, 0.1) is 18.1 Å². The molecule has 0 radical (unpaired) electrons. The second-order valence-corrected chi connectivity index (χ2v) is 3.86. The van der Waals surface area contributed by atoms with Crippen LogP contribution in [0.2, 0.25) is 0 Å². The average molecular weight is 250 g/mol. The normalized spacial score (nSPS) is 20.5. The van der Waals surface area contributed by atoms with Gasteiger partial charge in [0.1, 0.15) is 11.1 Å². The third-order valence-corrected chi connectivity index (χ3v) is 2.55. The van der Waals surface area contributed by atoms with Crippen LogP contribution < -0.4 is 10.7 Å². The van der Waals surface area contributed by atoms with E-state index in [2.05, 4.69) is 32.3 Å². The minimum atomic E-state index is 0.284. The summed E-state index contributed by atoms with van der Waals surface area (Å²) in [5.41, 5.74) is 3.64. The highest BCUT2D eigenvalue weighted by Crippen LogP contribution is 2.15. The standard InChI is InChI=1S/C14H10N4O/c1-10-18-11-5-7-15-8-12(11)17-9-13-14(19-10)4-2-3-6-16-13/h3-8H,1,9H2/b17-12-,18-11-. The van der Waals surface area contributed by atoms with Crippen molar-refractivity contribution in [2.75, 3.05) is 6.54 Å². The summed E-state index contributed by atoms with van der Waals surface area (Å²) in [5.74, 6) is 0.843. The highest BCUT2D eigenvalue weighted by atomic mass is 16.5. The predicted molar refractivity (Wildman–Crippen MR) is 69.8 cm³/mol. The minimum Gasteiger partial charge on any atom is -0.437 e. The Bertz CT molecular complexity index is 780. The molecule has 92 valence electrons. The van der Waals surface area contributed by atoms with Crippen molar-refractivity contribution in [1.29, 1.82) is 0 Å². The van der Waals surface area contributed by atoms with Gasteiger partial charge in [-0.3, -0.25) is 15.0 Å². The number of hydrogen-bond acceptors (Lipinski definition) is 5. The van der Waals surface area contributed by atoms with Crippen molar-refractivity contribution in [2.45, 2.75) is 0 Å². The van der Waals surface area contributed by atoms with E-state index in [1.807, 2.05) is 0 Å². The summed E-state index contributed by atoms with van der Waals surface area (Å²) in [5, 5.41) is 1.37. The summed E-state index contributed by atoms with van der Waals surface area (Å²) in [6.07, 6.45) is 8.37. The molecule has 5 nitrogen and oxygen atoms in total. The number of aromatic nitrogens is 1. The van der Waals surface area contributed by atoms with E-state index in [0.29, 0.717) is 28.7 Å². The zero-order chi connectivity index (χ0) is 13.1. The Hall–Kier alpha value is -2.78. The summed E-state index contributed by atoms with van der Waals surface area (Å²) < 4.78 is 5.60. The number of allylic oxidation sites excluding steroid dienone is 1. The van der Waals surface area contributed by atoms with Crippen LogP contribution in [0.4, 0.5) is 0 Å². The molecular formula is C14H10N4O. The van der Waals surface area contributed by atoms with Gasteiger partial charge in [0, 0.05) is 18.5 Å². The van der Waals surface area contributed by atoms with E-state index >= 15 is 0 Å². The lowest BCUT2D eigenvalue weighted by Gasteiger charge is -2.06. The van der Waals surface area contributed by atoms with Crippen LogP contribution in [-0.2, 0) is 4.74 Å². The van der Waals surface area contributed by atoms with Crippen molar-refractivity contribution in [3.05, 3.63) is 71.0 Å². The number of hydrogen-bond donors (Lipinski definition) is 0. The molecule has 0 aromatic carbocycles. The molecule has 0 atom stereocenters. The van der Waals surface area contributed by atoms with Gasteiger partial charge in [-0.1, -0.05) is 0 Å². The molecule has 3 heterocycles. The first kappa shape index (κ1) is 11.3. The molecule has 5 heteroatoms. The first-order chi connectivity index (χ1) is 9.33. The van der Waals surface area contributed by atoms with Crippen LogP contribution in [-0.4, -0.2) is 17.7 Å². The lowest BCUT2D eigenvalue weighted by Crippen LogP contribution is -2.26. The van der Waals surface area contributed by atoms with E-state index in [1.165, 1.54) is 0 Å². The molecule has 2 aliphatic rings. The molecule has 0 spiro atoms. The van der Waals surface area contributed by atoms with Gasteiger partial charge >= 0.3 is 0 Å². The topological polar surface area (TPSA) is 59.2 Å². The maximum Gasteiger partial charge on any atom is 0.212 e. The molecule has 2 aliphatic heterocycles. The van der Waals surface area contributed by atoms with Crippen LogP contribution in [0.5, 0.6) is 0 Å². The van der Waals surface area contributed by atoms with E-state index in [1.54, 1.807) is 36.8 Å². The predicted octanol–water partition coefficient (Wildman–Crippen LogP) is 0.830.